The Bertz CT molecular complexity index is 2450. The maximum absolute atomic E-state index is 9.69. The molecule has 0 fully saturated rings. The summed E-state index contributed by atoms with van der Waals surface area (Å²) in [7, 11) is 2.04. The van der Waals surface area contributed by atoms with Gasteiger partial charge in [0.05, 0.1) is 23.7 Å². The molecular formula is C39H30N6OPt. The molecule has 0 unspecified atom stereocenters. The van der Waals surface area contributed by atoms with Gasteiger partial charge in [-0.25, -0.2) is 4.98 Å². The Balaban J connectivity index is 0.00000386. The topological polar surface area (TPSA) is 73.0 Å². The van der Waals surface area contributed by atoms with E-state index in [2.05, 4.69) is 68.3 Å². The van der Waals surface area contributed by atoms with Crippen molar-refractivity contribution >= 4 is 38.4 Å². The van der Waals surface area contributed by atoms with Crippen molar-refractivity contribution in [3.63, 3.8) is 0 Å². The first-order valence-electron chi connectivity index (χ1n) is 15.0. The van der Waals surface area contributed by atoms with E-state index in [1.165, 1.54) is 11.3 Å². The van der Waals surface area contributed by atoms with Crippen molar-refractivity contribution in [2.24, 2.45) is 7.05 Å². The van der Waals surface area contributed by atoms with E-state index in [9.17, 15) is 5.26 Å². The number of aryl methyl sites for hydroxylation is 2. The number of nitriles is 1. The Hall–Kier alpha value is -5.23. The van der Waals surface area contributed by atoms with Crippen LogP contribution >= 0.6 is 0 Å². The first-order chi connectivity index (χ1) is 22.0. The molecule has 0 spiro atoms. The Morgan fingerprint density at radius 3 is 2.43 bits per heavy atom. The van der Waals surface area contributed by atoms with Crippen molar-refractivity contribution in [1.29, 1.82) is 5.26 Å². The summed E-state index contributed by atoms with van der Waals surface area (Å²) in [5.74, 6) is 1.59. The number of benzene rings is 3. The number of ether oxygens (including phenoxy) is 1. The molecule has 0 saturated carbocycles. The van der Waals surface area contributed by atoms with E-state index in [0.29, 0.717) is 34.0 Å². The Labute approximate surface area is 288 Å². The Kier molecular flexibility index (Phi) is 8.00. The molecule has 232 valence electrons. The van der Waals surface area contributed by atoms with E-state index in [4.69, 9.17) is 21.3 Å². The van der Waals surface area contributed by atoms with Crippen molar-refractivity contribution in [1.82, 2.24) is 19.1 Å². The zero-order chi connectivity index (χ0) is 32.3. The van der Waals surface area contributed by atoms with Crippen LogP contribution in [0, 0.1) is 43.9 Å². The first kappa shape index (κ1) is 31.7. The molecule has 0 N–H and O–H groups in total. The number of nitrogens with zero attached hydrogens (tertiary/aromatic N) is 6. The summed E-state index contributed by atoms with van der Waals surface area (Å²) in [6.45, 7) is 18.5. The summed E-state index contributed by atoms with van der Waals surface area (Å²) in [5.41, 5.74) is 8.50. The van der Waals surface area contributed by atoms with E-state index >= 15 is 0 Å². The van der Waals surface area contributed by atoms with Crippen LogP contribution in [0.25, 0.3) is 54.6 Å². The average Bonchev–Trinajstić information content (AvgIpc) is 3.49. The maximum Gasteiger partial charge on any atom is 2.00 e. The van der Waals surface area contributed by atoms with Gasteiger partial charge in [0.1, 0.15) is 11.5 Å². The van der Waals surface area contributed by atoms with Crippen molar-refractivity contribution < 1.29 is 25.8 Å². The predicted molar refractivity (Wildman–Crippen MR) is 182 cm³/mol. The molecule has 47 heavy (non-hydrogen) atoms. The molecule has 0 aliphatic rings. The molecule has 7 nitrogen and oxygen atoms in total. The normalized spacial score (nSPS) is 11.4. The second kappa shape index (κ2) is 11.8. The first-order valence-corrected chi connectivity index (χ1v) is 15.0. The minimum Gasteiger partial charge on any atom is -0.504 e. The van der Waals surface area contributed by atoms with Gasteiger partial charge in [0.25, 0.3) is 0 Å². The number of aromatic nitrogens is 4. The molecule has 7 rings (SSSR count). The van der Waals surface area contributed by atoms with Crippen LogP contribution in [0.15, 0.2) is 73.1 Å². The molecule has 0 atom stereocenters. The molecule has 0 radical (unpaired) electrons. The summed E-state index contributed by atoms with van der Waals surface area (Å²) in [5, 5.41) is 12.7. The SMILES string of the molecule is [C-]#[N+]c1cc(Oc2[c-]c3c(cc2)c2ccc(C#N)cc2n3-c2cc(C(C)(C)C)ccn2)[c-]c(-c2cc3c(C)c(C)n(C)c3cn2)c1.[Pt+2]. The second-order valence-corrected chi connectivity index (χ2v) is 12.6. The predicted octanol–water partition coefficient (Wildman–Crippen LogP) is 9.46. The van der Waals surface area contributed by atoms with Gasteiger partial charge in [-0.2, -0.15) is 11.3 Å². The fourth-order valence-corrected chi connectivity index (χ4v) is 5.99. The van der Waals surface area contributed by atoms with Gasteiger partial charge in [-0.15, -0.1) is 29.1 Å². The number of hydrogen-bond donors (Lipinski definition) is 0. The van der Waals surface area contributed by atoms with E-state index < -0.39 is 0 Å². The molecule has 4 aromatic heterocycles. The molecule has 3 aromatic carbocycles. The fraction of sp³-hybridized carbons (Fsp3) is 0.179. The smallest absolute Gasteiger partial charge is 0.504 e. The number of rotatable bonds is 4. The second-order valence-electron chi connectivity index (χ2n) is 12.6. The molecule has 7 aromatic rings. The van der Waals surface area contributed by atoms with Crippen molar-refractivity contribution in [2.75, 3.05) is 0 Å². The maximum atomic E-state index is 9.69. The molecule has 8 heteroatoms. The monoisotopic (exact) mass is 793 g/mol. The summed E-state index contributed by atoms with van der Waals surface area (Å²) < 4.78 is 10.5. The van der Waals surface area contributed by atoms with Crippen LogP contribution < -0.4 is 4.74 Å². The molecule has 0 aliphatic carbocycles. The number of hydrogen-bond acceptors (Lipinski definition) is 4. The zero-order valence-electron chi connectivity index (χ0n) is 26.8. The fourth-order valence-electron chi connectivity index (χ4n) is 5.99. The summed E-state index contributed by atoms with van der Waals surface area (Å²) in [6, 6.07) is 28.2. The summed E-state index contributed by atoms with van der Waals surface area (Å²) in [6.07, 6.45) is 3.68. The quantitative estimate of drug-likeness (QED) is 0.167. The van der Waals surface area contributed by atoms with E-state index in [-0.39, 0.29) is 26.5 Å². The van der Waals surface area contributed by atoms with Crippen LogP contribution in [-0.4, -0.2) is 19.1 Å². The molecule has 0 amide bonds. The third kappa shape index (κ3) is 5.48. The van der Waals surface area contributed by atoms with Crippen LogP contribution in [0.1, 0.15) is 43.2 Å². The number of pyridine rings is 2. The Morgan fingerprint density at radius 1 is 0.894 bits per heavy atom. The van der Waals surface area contributed by atoms with Gasteiger partial charge in [-0.3, -0.25) is 4.85 Å². The molecule has 0 saturated heterocycles. The van der Waals surface area contributed by atoms with Gasteiger partial charge in [0, 0.05) is 42.2 Å². The third-order valence-electron chi connectivity index (χ3n) is 8.77. The van der Waals surface area contributed by atoms with Crippen LogP contribution in [0.4, 0.5) is 5.69 Å². The molecular weight excluding hydrogens is 764 g/mol. The van der Waals surface area contributed by atoms with E-state index in [1.54, 1.807) is 12.1 Å². The van der Waals surface area contributed by atoms with Gasteiger partial charge in [0.2, 0.25) is 0 Å². The van der Waals surface area contributed by atoms with Crippen LogP contribution in [0.2, 0.25) is 0 Å². The van der Waals surface area contributed by atoms with Gasteiger partial charge in [0.15, 0.2) is 0 Å². The molecule has 4 heterocycles. The average molecular weight is 794 g/mol. The van der Waals surface area contributed by atoms with Crippen LogP contribution in [-0.2, 0) is 33.5 Å². The van der Waals surface area contributed by atoms with Gasteiger partial charge in [-0.05, 0) is 71.1 Å². The van der Waals surface area contributed by atoms with Gasteiger partial charge in [-0.1, -0.05) is 50.6 Å². The van der Waals surface area contributed by atoms with Gasteiger partial charge >= 0.3 is 21.1 Å². The third-order valence-corrected chi connectivity index (χ3v) is 8.77. The Morgan fingerprint density at radius 2 is 1.68 bits per heavy atom. The van der Waals surface area contributed by atoms with E-state index in [1.807, 2.05) is 66.5 Å². The van der Waals surface area contributed by atoms with Crippen LogP contribution in [0.5, 0.6) is 11.5 Å². The largest absolute Gasteiger partial charge is 2.00 e. The number of fused-ring (bicyclic) bond motifs is 4. The minimum absolute atomic E-state index is 0. The molecule has 0 aliphatic heterocycles. The van der Waals surface area contributed by atoms with Crippen molar-refractivity contribution in [3.8, 4) is 34.6 Å². The standard InChI is InChI=1S/C39H30N6O.Pt/c1-23-24(2)44(7)37-22-43-34(20-33(23)37)26-15-28(41-6)18-30(16-26)46-29-9-11-32-31-10-8-25(21-40)14-35(31)45(36(32)19-29)38-17-27(12-13-42-38)39(3,4)5;/h8-15,17-18,20,22H,1-5,7H3;/q-2;+2. The van der Waals surface area contributed by atoms with Crippen LogP contribution in [0.3, 0.4) is 0 Å². The van der Waals surface area contributed by atoms with Crippen molar-refractivity contribution in [3.05, 3.63) is 119 Å². The van der Waals surface area contributed by atoms with E-state index in [0.717, 1.165) is 44.1 Å². The zero-order valence-corrected chi connectivity index (χ0v) is 29.1. The van der Waals surface area contributed by atoms with Gasteiger partial charge < -0.3 is 18.9 Å². The molecule has 0 bridgehead atoms. The summed E-state index contributed by atoms with van der Waals surface area (Å²) >= 11 is 0. The minimum atomic E-state index is -0.0782. The summed E-state index contributed by atoms with van der Waals surface area (Å²) in [4.78, 5) is 13.2. The van der Waals surface area contributed by atoms with Crippen molar-refractivity contribution in [2.45, 2.75) is 40.0 Å².